The standard InChI is InChI=1S/C63H46O2/c64-61-33-29-49(37-53(61)35-43-15-5-1-6-16-43)47-23-13-25-55(39-47)63(56-26-14-24-48(40-56)50-30-34-62(65)54(38-50)36-44-17-7-2-8-18-44)59-41-51(45-19-9-3-10-20-45)27-31-57(59)58-32-28-52(42-60(58)63)46-21-11-4-12-22-46/h1-34,37-42,64-65H,35-36H2. The SMILES string of the molecule is Oc1ccc(-c2cccc(C3(c4cccc(-c5ccc(O)c(Cc6ccccc6)c5)c4)c4cc(-c5ccccc5)ccc4-c4ccc(-c5ccccc5)cc43)c2)cc1Cc1ccccc1. The summed E-state index contributed by atoms with van der Waals surface area (Å²) in [6, 6.07) is 86.1. The summed E-state index contributed by atoms with van der Waals surface area (Å²) in [5.74, 6) is 0.590. The van der Waals surface area contributed by atoms with E-state index >= 15 is 0 Å². The van der Waals surface area contributed by atoms with Gasteiger partial charge in [0.1, 0.15) is 11.5 Å². The van der Waals surface area contributed by atoms with Crippen LogP contribution in [0.1, 0.15) is 44.5 Å². The van der Waals surface area contributed by atoms with E-state index in [9.17, 15) is 10.2 Å². The summed E-state index contributed by atoms with van der Waals surface area (Å²) in [7, 11) is 0. The van der Waals surface area contributed by atoms with Crippen LogP contribution in [0.25, 0.3) is 55.6 Å². The van der Waals surface area contributed by atoms with Gasteiger partial charge in [-0.2, -0.15) is 0 Å². The van der Waals surface area contributed by atoms with Gasteiger partial charge in [-0.15, -0.1) is 0 Å². The zero-order valence-corrected chi connectivity index (χ0v) is 35.9. The minimum absolute atomic E-state index is 0.295. The first-order valence-electron chi connectivity index (χ1n) is 22.3. The molecule has 2 heteroatoms. The Bertz CT molecular complexity index is 3090. The Morgan fingerprint density at radius 2 is 0.615 bits per heavy atom. The molecule has 0 radical (unpaired) electrons. The van der Waals surface area contributed by atoms with Crippen LogP contribution in [0, 0.1) is 0 Å². The average Bonchev–Trinajstić information content (AvgIpc) is 3.66. The van der Waals surface area contributed by atoms with Crippen molar-refractivity contribution in [3.05, 3.63) is 287 Å². The van der Waals surface area contributed by atoms with Crippen LogP contribution in [-0.2, 0) is 18.3 Å². The lowest BCUT2D eigenvalue weighted by Gasteiger charge is -2.35. The van der Waals surface area contributed by atoms with Gasteiger partial charge in [0.05, 0.1) is 5.41 Å². The fraction of sp³-hybridized carbons (Fsp3) is 0.0476. The van der Waals surface area contributed by atoms with Gasteiger partial charge in [0, 0.05) is 12.8 Å². The fourth-order valence-corrected chi connectivity index (χ4v) is 10.0. The van der Waals surface area contributed by atoms with Crippen molar-refractivity contribution in [2.75, 3.05) is 0 Å². The number of hydrogen-bond acceptors (Lipinski definition) is 2. The lowest BCUT2D eigenvalue weighted by Crippen LogP contribution is -2.29. The molecule has 2 nitrogen and oxygen atoms in total. The molecule has 0 amide bonds. The van der Waals surface area contributed by atoms with E-state index < -0.39 is 5.41 Å². The summed E-state index contributed by atoms with van der Waals surface area (Å²) < 4.78 is 0. The predicted octanol–water partition coefficient (Wildman–Crippen LogP) is 15.3. The number of benzene rings is 10. The summed E-state index contributed by atoms with van der Waals surface area (Å²) >= 11 is 0. The van der Waals surface area contributed by atoms with E-state index in [1.807, 2.05) is 60.7 Å². The Hall–Kier alpha value is -8.20. The van der Waals surface area contributed by atoms with Crippen molar-refractivity contribution < 1.29 is 10.2 Å². The highest BCUT2D eigenvalue weighted by molar-refractivity contribution is 5.91. The van der Waals surface area contributed by atoms with Crippen LogP contribution in [0.5, 0.6) is 11.5 Å². The zero-order valence-electron chi connectivity index (χ0n) is 35.9. The van der Waals surface area contributed by atoms with Crippen molar-refractivity contribution in [1.29, 1.82) is 0 Å². The van der Waals surface area contributed by atoms with Crippen LogP contribution in [0.3, 0.4) is 0 Å². The monoisotopic (exact) mass is 834 g/mol. The Kier molecular flexibility index (Phi) is 10.3. The summed E-state index contributed by atoms with van der Waals surface area (Å²) in [6.45, 7) is 0. The van der Waals surface area contributed by atoms with Crippen molar-refractivity contribution in [3.63, 3.8) is 0 Å². The molecule has 1 aliphatic carbocycles. The molecule has 310 valence electrons. The zero-order chi connectivity index (χ0) is 43.7. The highest BCUT2D eigenvalue weighted by atomic mass is 16.3. The van der Waals surface area contributed by atoms with E-state index in [-0.39, 0.29) is 0 Å². The van der Waals surface area contributed by atoms with Crippen molar-refractivity contribution in [2.45, 2.75) is 18.3 Å². The number of aromatic hydroxyl groups is 2. The molecule has 0 aromatic heterocycles. The number of rotatable bonds is 10. The molecular weight excluding hydrogens is 789 g/mol. The number of hydrogen-bond donors (Lipinski definition) is 2. The van der Waals surface area contributed by atoms with Gasteiger partial charge in [-0.3, -0.25) is 0 Å². The fourth-order valence-electron chi connectivity index (χ4n) is 10.0. The molecule has 11 rings (SSSR count). The summed E-state index contributed by atoms with van der Waals surface area (Å²) in [6.07, 6.45) is 1.26. The molecule has 2 N–H and O–H groups in total. The second kappa shape index (κ2) is 16.8. The normalized spacial score (nSPS) is 12.4. The molecule has 0 fully saturated rings. The van der Waals surface area contributed by atoms with Crippen LogP contribution in [0.2, 0.25) is 0 Å². The quantitative estimate of drug-likeness (QED) is 0.144. The largest absolute Gasteiger partial charge is 0.508 e. The van der Waals surface area contributed by atoms with Gasteiger partial charge in [0.25, 0.3) is 0 Å². The van der Waals surface area contributed by atoms with Crippen molar-refractivity contribution in [3.8, 4) is 67.1 Å². The van der Waals surface area contributed by atoms with Gasteiger partial charge in [-0.05, 0) is 149 Å². The van der Waals surface area contributed by atoms with Gasteiger partial charge < -0.3 is 10.2 Å². The Morgan fingerprint density at radius 1 is 0.277 bits per heavy atom. The minimum Gasteiger partial charge on any atom is -0.508 e. The maximum atomic E-state index is 11.1. The molecule has 0 bridgehead atoms. The summed E-state index contributed by atoms with van der Waals surface area (Å²) in [4.78, 5) is 0. The number of phenolic OH excluding ortho intramolecular Hbond substituents is 2. The molecule has 0 aliphatic heterocycles. The minimum atomic E-state index is -0.750. The third kappa shape index (κ3) is 7.39. The molecule has 0 saturated heterocycles. The van der Waals surface area contributed by atoms with E-state index in [1.165, 1.54) is 22.3 Å². The maximum Gasteiger partial charge on any atom is 0.119 e. The van der Waals surface area contributed by atoms with Crippen LogP contribution in [-0.4, -0.2) is 10.2 Å². The Labute approximate surface area is 381 Å². The number of fused-ring (bicyclic) bond motifs is 3. The van der Waals surface area contributed by atoms with Gasteiger partial charge in [-0.25, -0.2) is 0 Å². The first kappa shape index (κ1) is 39.6. The van der Waals surface area contributed by atoms with E-state index in [1.54, 1.807) is 0 Å². The molecule has 0 heterocycles. The van der Waals surface area contributed by atoms with E-state index in [2.05, 4.69) is 182 Å². The van der Waals surface area contributed by atoms with Crippen LogP contribution < -0.4 is 0 Å². The molecule has 10 aromatic carbocycles. The maximum absolute atomic E-state index is 11.1. The number of phenols is 2. The smallest absolute Gasteiger partial charge is 0.119 e. The highest BCUT2D eigenvalue weighted by Crippen LogP contribution is 2.58. The lowest BCUT2D eigenvalue weighted by atomic mass is 9.66. The van der Waals surface area contributed by atoms with E-state index in [4.69, 9.17) is 0 Å². The molecule has 65 heavy (non-hydrogen) atoms. The first-order valence-corrected chi connectivity index (χ1v) is 22.3. The molecule has 10 aromatic rings. The predicted molar refractivity (Wildman–Crippen MR) is 267 cm³/mol. The lowest BCUT2D eigenvalue weighted by molar-refractivity contribution is 0.469. The topological polar surface area (TPSA) is 40.5 Å². The van der Waals surface area contributed by atoms with Crippen LogP contribution in [0.15, 0.2) is 243 Å². The summed E-state index contributed by atoms with van der Waals surface area (Å²) in [5, 5.41) is 22.3. The van der Waals surface area contributed by atoms with Crippen molar-refractivity contribution >= 4 is 0 Å². The molecular formula is C63H46O2. The Balaban J connectivity index is 1.16. The van der Waals surface area contributed by atoms with Gasteiger partial charge in [-0.1, -0.05) is 194 Å². The van der Waals surface area contributed by atoms with E-state index in [0.29, 0.717) is 24.3 Å². The van der Waals surface area contributed by atoms with Gasteiger partial charge >= 0.3 is 0 Å². The van der Waals surface area contributed by atoms with Crippen LogP contribution >= 0.6 is 0 Å². The Morgan fingerprint density at radius 3 is 1.03 bits per heavy atom. The molecule has 0 saturated carbocycles. The second-order valence-corrected chi connectivity index (χ2v) is 17.2. The molecule has 0 atom stereocenters. The van der Waals surface area contributed by atoms with Crippen LogP contribution in [0.4, 0.5) is 0 Å². The third-order valence-electron chi connectivity index (χ3n) is 13.2. The average molecular weight is 835 g/mol. The molecule has 0 spiro atoms. The van der Waals surface area contributed by atoms with E-state index in [0.717, 1.165) is 77.9 Å². The first-order chi connectivity index (χ1) is 32.0. The van der Waals surface area contributed by atoms with Gasteiger partial charge in [0.2, 0.25) is 0 Å². The molecule has 0 unspecified atom stereocenters. The van der Waals surface area contributed by atoms with Crippen molar-refractivity contribution in [2.24, 2.45) is 0 Å². The van der Waals surface area contributed by atoms with Gasteiger partial charge in [0.15, 0.2) is 0 Å². The van der Waals surface area contributed by atoms with Crippen molar-refractivity contribution in [1.82, 2.24) is 0 Å². The second-order valence-electron chi connectivity index (χ2n) is 17.2. The summed E-state index contributed by atoms with van der Waals surface area (Å²) in [5.41, 5.74) is 19.4. The third-order valence-corrected chi connectivity index (χ3v) is 13.2. The highest BCUT2D eigenvalue weighted by Gasteiger charge is 2.47. The molecule has 1 aliphatic rings.